The van der Waals surface area contributed by atoms with Crippen LogP contribution in [0.2, 0.25) is 0 Å². The van der Waals surface area contributed by atoms with Gasteiger partial charge in [0.2, 0.25) is 0 Å². The van der Waals surface area contributed by atoms with Crippen LogP contribution < -0.4 is 5.11 Å². The van der Waals surface area contributed by atoms with Gasteiger partial charge < -0.3 is 9.90 Å². The molecule has 0 heterocycles. The fourth-order valence-electron chi connectivity index (χ4n) is 1.88. The fourth-order valence-corrected chi connectivity index (χ4v) is 1.88. The Morgan fingerprint density at radius 3 is 0.658 bits per heavy atom. The molecule has 0 aromatic heterocycles. The molecule has 0 aromatic carbocycles. The van der Waals surface area contributed by atoms with Crippen LogP contribution in [0, 0.1) is 0 Å². The van der Waals surface area contributed by atoms with E-state index in [0.29, 0.717) is 0 Å². The number of rotatable bonds is 10. The molecule has 26 heteroatoms. The number of hydrogen-bond acceptors (Lipinski definition) is 2. The molecule has 0 bridgehead atoms. The molecule has 0 radical (unpaired) electrons. The van der Waals surface area contributed by atoms with E-state index in [1.165, 1.54) is 0 Å². The summed E-state index contributed by atoms with van der Waals surface area (Å²) in [6.07, 6.45) is -8.14. The maximum Gasteiger partial charge on any atom is 1.00 e. The second-order valence-corrected chi connectivity index (χ2v) is 6.53. The smallest absolute Gasteiger partial charge is 0.544 e. The number of hydrogen-bond donors (Lipinski definition) is 0. The summed E-state index contributed by atoms with van der Waals surface area (Å²) in [6, 6.07) is 0. The first-order valence-electron chi connectivity index (χ1n) is 7.50. The summed E-state index contributed by atoms with van der Waals surface area (Å²) in [6.45, 7) is 0. The standard InChI is InChI=1S/C12HF23O2.Ag/c13-2(14,1(36)37)3(15,16)4(17,18)5(19,20)6(21,22)7(23,24)8(25,26)9(27,28)10(29,30)11(31,32)12(33,34)35;/h(H,36,37);/q;+1/p-1. The number of halogens is 23. The van der Waals surface area contributed by atoms with E-state index in [0.717, 1.165) is 0 Å². The molecule has 0 saturated heterocycles. The third kappa shape index (κ3) is 4.36. The van der Waals surface area contributed by atoms with Gasteiger partial charge in [-0.15, -0.1) is 0 Å². The van der Waals surface area contributed by atoms with Crippen molar-refractivity contribution in [2.24, 2.45) is 0 Å². The molecular formula is C12AgF23O2. The monoisotopic (exact) mass is 720 g/mol. The Labute approximate surface area is 205 Å². The Kier molecular flexibility index (Phi) is 9.51. The Morgan fingerprint density at radius 1 is 0.342 bits per heavy atom. The number of aliphatic carboxylic acids is 1. The minimum Gasteiger partial charge on any atom is -0.544 e. The van der Waals surface area contributed by atoms with E-state index < -0.39 is 71.4 Å². The average Bonchev–Trinajstić information content (AvgIpc) is 2.65. The van der Waals surface area contributed by atoms with Gasteiger partial charge in [0, 0.05) is 0 Å². The molecule has 0 fully saturated rings. The number of carboxylic acid groups (broad SMARTS) is 1. The van der Waals surface area contributed by atoms with Crippen LogP contribution in [0.4, 0.5) is 101 Å². The number of alkyl halides is 23. The molecular weight excluding hydrogens is 721 g/mol. The Morgan fingerprint density at radius 2 is 0.500 bits per heavy atom. The fraction of sp³-hybridized carbons (Fsp3) is 0.917. The van der Waals surface area contributed by atoms with Crippen LogP contribution in [0.25, 0.3) is 0 Å². The minimum atomic E-state index is -9.52. The van der Waals surface area contributed by atoms with Crippen molar-refractivity contribution in [3.8, 4) is 0 Å². The molecule has 0 spiro atoms. The van der Waals surface area contributed by atoms with Crippen LogP contribution in [0.3, 0.4) is 0 Å². The Bertz CT molecular complexity index is 885. The molecule has 0 aliphatic rings. The van der Waals surface area contributed by atoms with Gasteiger partial charge in [-0.25, -0.2) is 0 Å². The third-order valence-electron chi connectivity index (χ3n) is 4.16. The Hall–Kier alpha value is -1.40. The van der Waals surface area contributed by atoms with Gasteiger partial charge >= 0.3 is 87.8 Å². The second kappa shape index (κ2) is 9.33. The van der Waals surface area contributed by atoms with E-state index in [-0.39, 0.29) is 22.4 Å². The average molecular weight is 721 g/mol. The van der Waals surface area contributed by atoms with Crippen LogP contribution in [0.5, 0.6) is 0 Å². The van der Waals surface area contributed by atoms with Crippen LogP contribution in [-0.4, -0.2) is 71.4 Å². The molecule has 0 rings (SSSR count). The number of carboxylic acids is 1. The predicted molar refractivity (Wildman–Crippen MR) is 60.5 cm³/mol. The van der Waals surface area contributed by atoms with Crippen LogP contribution in [-0.2, 0) is 27.2 Å². The molecule has 2 nitrogen and oxygen atoms in total. The summed E-state index contributed by atoms with van der Waals surface area (Å²) in [5, 5.41) is 9.74. The summed E-state index contributed by atoms with van der Waals surface area (Å²) >= 11 is 0. The molecule has 0 saturated carbocycles. The van der Waals surface area contributed by atoms with Gasteiger partial charge in [-0.1, -0.05) is 0 Å². The molecule has 0 aliphatic carbocycles. The van der Waals surface area contributed by atoms with E-state index in [4.69, 9.17) is 0 Å². The van der Waals surface area contributed by atoms with Gasteiger partial charge in [0.05, 0.1) is 0 Å². The van der Waals surface area contributed by atoms with E-state index in [9.17, 15) is 111 Å². The first-order chi connectivity index (χ1) is 15.4. The van der Waals surface area contributed by atoms with Crippen molar-refractivity contribution in [3.05, 3.63) is 0 Å². The topological polar surface area (TPSA) is 40.1 Å². The first kappa shape index (κ1) is 38.7. The molecule has 0 aromatic rings. The van der Waals surface area contributed by atoms with Crippen molar-refractivity contribution < 1.29 is 133 Å². The van der Waals surface area contributed by atoms with Gasteiger partial charge in [0.1, 0.15) is 5.97 Å². The van der Waals surface area contributed by atoms with Gasteiger partial charge in [-0.3, -0.25) is 0 Å². The maximum absolute atomic E-state index is 13.3. The molecule has 0 N–H and O–H groups in total. The van der Waals surface area contributed by atoms with E-state index in [1.54, 1.807) is 0 Å². The summed E-state index contributed by atoms with van der Waals surface area (Å²) in [5.41, 5.74) is 0. The van der Waals surface area contributed by atoms with E-state index >= 15 is 0 Å². The molecule has 0 amide bonds. The van der Waals surface area contributed by atoms with Gasteiger partial charge in [-0.05, 0) is 0 Å². The summed E-state index contributed by atoms with van der Waals surface area (Å²) in [7, 11) is 0. The zero-order valence-corrected chi connectivity index (χ0v) is 17.3. The van der Waals surface area contributed by atoms with Crippen LogP contribution in [0.1, 0.15) is 0 Å². The van der Waals surface area contributed by atoms with Crippen LogP contribution in [0.15, 0.2) is 0 Å². The third-order valence-corrected chi connectivity index (χ3v) is 4.16. The molecule has 0 atom stereocenters. The summed E-state index contributed by atoms with van der Waals surface area (Å²) in [5.74, 6) is -95.1. The number of carbonyl (C=O) groups is 1. The van der Waals surface area contributed by atoms with Crippen molar-refractivity contribution in [2.45, 2.75) is 65.4 Å². The van der Waals surface area contributed by atoms with Gasteiger partial charge in [0.15, 0.2) is 0 Å². The minimum absolute atomic E-state index is 0. The molecule has 0 unspecified atom stereocenters. The van der Waals surface area contributed by atoms with E-state index in [1.807, 2.05) is 0 Å². The maximum atomic E-state index is 13.3. The number of carbonyl (C=O) groups excluding carboxylic acids is 1. The van der Waals surface area contributed by atoms with Crippen LogP contribution >= 0.6 is 0 Å². The van der Waals surface area contributed by atoms with Crippen molar-refractivity contribution in [1.29, 1.82) is 0 Å². The predicted octanol–water partition coefficient (Wildman–Crippen LogP) is 5.65. The zero-order valence-electron chi connectivity index (χ0n) is 15.8. The Balaban J connectivity index is 0. The second-order valence-electron chi connectivity index (χ2n) is 6.53. The van der Waals surface area contributed by atoms with Crippen molar-refractivity contribution in [3.63, 3.8) is 0 Å². The molecule has 38 heavy (non-hydrogen) atoms. The quantitative estimate of drug-likeness (QED) is 0.217. The van der Waals surface area contributed by atoms with E-state index in [2.05, 4.69) is 0 Å². The van der Waals surface area contributed by atoms with Crippen molar-refractivity contribution in [2.75, 3.05) is 0 Å². The van der Waals surface area contributed by atoms with Gasteiger partial charge in [-0.2, -0.15) is 101 Å². The largest absolute Gasteiger partial charge is 1.00 e. The van der Waals surface area contributed by atoms with Crippen molar-refractivity contribution in [1.82, 2.24) is 0 Å². The molecule has 232 valence electrons. The zero-order chi connectivity index (χ0) is 31.1. The normalized spacial score (nSPS) is 16.3. The summed E-state index contributed by atoms with van der Waals surface area (Å²) < 4.78 is 297. The SMILES string of the molecule is O=C([O-])C(F)(F)C(F)(F)C(F)(F)C(F)(F)C(F)(F)C(F)(F)C(F)(F)C(F)(F)C(F)(F)C(F)(F)C(F)(F)F.[Ag+]. The summed E-state index contributed by atoms with van der Waals surface area (Å²) in [4.78, 5) is 9.74. The van der Waals surface area contributed by atoms with Crippen molar-refractivity contribution >= 4 is 5.97 Å². The first-order valence-corrected chi connectivity index (χ1v) is 7.50. The molecule has 0 aliphatic heterocycles. The van der Waals surface area contributed by atoms with Gasteiger partial charge in [0.25, 0.3) is 0 Å².